The van der Waals surface area contributed by atoms with Crippen molar-refractivity contribution in [2.75, 3.05) is 5.73 Å². The van der Waals surface area contributed by atoms with Gasteiger partial charge in [0.2, 0.25) is 0 Å². The molecule has 0 aliphatic heterocycles. The number of hydrogen-bond acceptors (Lipinski definition) is 2. The molecule has 1 aromatic carbocycles. The quantitative estimate of drug-likeness (QED) is 0.834. The van der Waals surface area contributed by atoms with Gasteiger partial charge >= 0.3 is 0 Å². The lowest BCUT2D eigenvalue weighted by atomic mass is 9.83. The molecule has 1 amide bonds. The van der Waals surface area contributed by atoms with Gasteiger partial charge in [-0.25, -0.2) is 8.78 Å². The van der Waals surface area contributed by atoms with Gasteiger partial charge in [0.25, 0.3) is 5.91 Å². The van der Waals surface area contributed by atoms with E-state index in [0.717, 1.165) is 31.4 Å². The molecule has 1 unspecified atom stereocenters. The second-order valence-corrected chi connectivity index (χ2v) is 5.74. The average molecular weight is 296 g/mol. The molecule has 0 aromatic heterocycles. The van der Waals surface area contributed by atoms with Crippen molar-refractivity contribution in [3.05, 3.63) is 29.3 Å². The molecule has 3 N–H and O–H groups in total. The predicted octanol–water partition coefficient (Wildman–Crippen LogP) is 3.64. The summed E-state index contributed by atoms with van der Waals surface area (Å²) < 4.78 is 26.9. The Bertz CT molecular complexity index is 490. The van der Waals surface area contributed by atoms with Crippen LogP contribution in [0.3, 0.4) is 0 Å². The van der Waals surface area contributed by atoms with Crippen LogP contribution in [0.5, 0.6) is 0 Å². The molecule has 1 fully saturated rings. The van der Waals surface area contributed by atoms with E-state index in [4.69, 9.17) is 5.73 Å². The van der Waals surface area contributed by atoms with Crippen molar-refractivity contribution < 1.29 is 13.6 Å². The highest BCUT2D eigenvalue weighted by molar-refractivity contribution is 5.94. The fourth-order valence-corrected chi connectivity index (χ4v) is 3.06. The lowest BCUT2D eigenvalue weighted by Gasteiger charge is -2.30. The van der Waals surface area contributed by atoms with Crippen molar-refractivity contribution in [3.63, 3.8) is 0 Å². The second kappa shape index (κ2) is 6.87. The largest absolute Gasteiger partial charge is 0.394 e. The number of nitrogens with one attached hydrogen (secondary N) is 1. The first-order chi connectivity index (χ1) is 10.0. The second-order valence-electron chi connectivity index (χ2n) is 5.74. The zero-order chi connectivity index (χ0) is 15.4. The molecular formula is C16H22F2N2O. The first-order valence-electron chi connectivity index (χ1n) is 7.58. The molecule has 0 bridgehead atoms. The van der Waals surface area contributed by atoms with Crippen LogP contribution in [0.15, 0.2) is 12.1 Å². The minimum atomic E-state index is -0.897. The van der Waals surface area contributed by atoms with E-state index in [0.29, 0.717) is 5.92 Å². The fourth-order valence-electron chi connectivity index (χ4n) is 3.06. The molecule has 0 spiro atoms. The van der Waals surface area contributed by atoms with E-state index in [2.05, 4.69) is 5.32 Å². The molecule has 1 aromatic rings. The van der Waals surface area contributed by atoms with Gasteiger partial charge in [-0.1, -0.05) is 26.2 Å². The summed E-state index contributed by atoms with van der Waals surface area (Å²) >= 11 is 0. The number of nitrogen functional groups attached to an aromatic ring is 1. The number of anilines is 1. The van der Waals surface area contributed by atoms with Crippen molar-refractivity contribution in [1.82, 2.24) is 5.32 Å². The number of carbonyl (C=O) groups is 1. The molecule has 116 valence electrons. The van der Waals surface area contributed by atoms with Crippen LogP contribution < -0.4 is 11.1 Å². The van der Waals surface area contributed by atoms with Crippen LogP contribution in [0.1, 0.15) is 55.8 Å². The summed E-state index contributed by atoms with van der Waals surface area (Å²) in [6.45, 7) is 2.02. The molecule has 0 radical (unpaired) electrons. The van der Waals surface area contributed by atoms with Gasteiger partial charge in [-0.15, -0.1) is 0 Å². The van der Waals surface area contributed by atoms with Crippen molar-refractivity contribution in [2.45, 2.75) is 51.5 Å². The topological polar surface area (TPSA) is 55.1 Å². The van der Waals surface area contributed by atoms with Crippen LogP contribution in [-0.4, -0.2) is 11.9 Å². The predicted molar refractivity (Wildman–Crippen MR) is 78.9 cm³/mol. The molecule has 0 saturated heterocycles. The first-order valence-corrected chi connectivity index (χ1v) is 7.58. The molecule has 1 aliphatic rings. The first kappa shape index (κ1) is 15.7. The van der Waals surface area contributed by atoms with E-state index in [1.54, 1.807) is 0 Å². The maximum Gasteiger partial charge on any atom is 0.251 e. The lowest BCUT2D eigenvalue weighted by molar-refractivity contribution is 0.0910. The number of hydrogen-bond donors (Lipinski definition) is 2. The van der Waals surface area contributed by atoms with E-state index in [-0.39, 0.29) is 11.6 Å². The van der Waals surface area contributed by atoms with Crippen LogP contribution in [0.25, 0.3) is 0 Å². The number of amides is 1. The van der Waals surface area contributed by atoms with Crippen molar-refractivity contribution in [1.29, 1.82) is 0 Å². The summed E-state index contributed by atoms with van der Waals surface area (Å²) in [4.78, 5) is 12.2. The van der Waals surface area contributed by atoms with Gasteiger partial charge < -0.3 is 11.1 Å². The van der Waals surface area contributed by atoms with Crippen LogP contribution in [0, 0.1) is 17.6 Å². The number of halogens is 2. The van der Waals surface area contributed by atoms with Crippen molar-refractivity contribution >= 4 is 11.6 Å². The third-order valence-electron chi connectivity index (χ3n) is 4.32. The van der Waals surface area contributed by atoms with E-state index < -0.39 is 23.2 Å². The summed E-state index contributed by atoms with van der Waals surface area (Å²) in [7, 11) is 0. The summed E-state index contributed by atoms with van der Waals surface area (Å²) in [5.41, 5.74) is 4.64. The average Bonchev–Trinajstić information content (AvgIpc) is 2.50. The van der Waals surface area contributed by atoms with Crippen LogP contribution in [0.4, 0.5) is 14.5 Å². The van der Waals surface area contributed by atoms with Crippen LogP contribution in [0.2, 0.25) is 0 Å². The maximum atomic E-state index is 13.4. The Hall–Kier alpha value is -1.65. The highest BCUT2D eigenvalue weighted by atomic mass is 19.1. The number of rotatable bonds is 4. The van der Waals surface area contributed by atoms with Crippen LogP contribution >= 0.6 is 0 Å². The molecule has 2 rings (SSSR count). The Morgan fingerprint density at radius 1 is 1.29 bits per heavy atom. The molecule has 0 heterocycles. The third kappa shape index (κ3) is 3.71. The Labute approximate surface area is 123 Å². The minimum absolute atomic E-state index is 0.0199. The molecular weight excluding hydrogens is 274 g/mol. The zero-order valence-corrected chi connectivity index (χ0v) is 12.3. The number of nitrogens with two attached hydrogens (primary N) is 1. The summed E-state index contributed by atoms with van der Waals surface area (Å²) in [6, 6.07) is 2.03. The van der Waals surface area contributed by atoms with Crippen LogP contribution in [-0.2, 0) is 0 Å². The highest BCUT2D eigenvalue weighted by Gasteiger charge is 2.24. The van der Waals surface area contributed by atoms with Gasteiger partial charge in [-0.3, -0.25) is 4.79 Å². The SMILES string of the molecule is CCC(NC(=O)c1cc(F)c(N)c(F)c1)C1CCCCC1. The van der Waals surface area contributed by atoms with E-state index in [1.807, 2.05) is 6.92 Å². The Morgan fingerprint density at radius 2 is 1.86 bits per heavy atom. The smallest absolute Gasteiger partial charge is 0.251 e. The van der Waals surface area contributed by atoms with Gasteiger partial charge in [0, 0.05) is 11.6 Å². The monoisotopic (exact) mass is 296 g/mol. The molecule has 1 saturated carbocycles. The molecule has 1 atom stereocenters. The van der Waals surface area contributed by atoms with Gasteiger partial charge in [-0.05, 0) is 37.3 Å². The Kier molecular flexibility index (Phi) is 5.15. The molecule has 5 heteroatoms. The van der Waals surface area contributed by atoms with Gasteiger partial charge in [0.1, 0.15) is 17.3 Å². The minimum Gasteiger partial charge on any atom is -0.394 e. The normalized spacial score (nSPS) is 17.5. The third-order valence-corrected chi connectivity index (χ3v) is 4.32. The van der Waals surface area contributed by atoms with Crippen molar-refractivity contribution in [2.24, 2.45) is 5.92 Å². The van der Waals surface area contributed by atoms with Gasteiger partial charge in [0.05, 0.1) is 0 Å². The molecule has 21 heavy (non-hydrogen) atoms. The van der Waals surface area contributed by atoms with E-state index in [9.17, 15) is 13.6 Å². The standard InChI is InChI=1S/C16H22F2N2O/c1-2-14(10-6-4-3-5-7-10)20-16(21)11-8-12(17)15(19)13(18)9-11/h8-10,14H,2-7,19H2,1H3,(H,20,21). The lowest BCUT2D eigenvalue weighted by Crippen LogP contribution is -2.40. The number of benzene rings is 1. The molecule has 1 aliphatic carbocycles. The van der Waals surface area contributed by atoms with Gasteiger partial charge in [-0.2, -0.15) is 0 Å². The molecule has 3 nitrogen and oxygen atoms in total. The van der Waals surface area contributed by atoms with Gasteiger partial charge in [0.15, 0.2) is 0 Å². The Morgan fingerprint density at radius 3 is 2.38 bits per heavy atom. The summed E-state index contributed by atoms with van der Waals surface area (Å²) in [5, 5.41) is 2.91. The van der Waals surface area contributed by atoms with E-state index in [1.165, 1.54) is 19.3 Å². The number of carbonyl (C=O) groups excluding carboxylic acids is 1. The Balaban J connectivity index is 2.08. The summed E-state index contributed by atoms with van der Waals surface area (Å²) in [6.07, 6.45) is 6.63. The highest BCUT2D eigenvalue weighted by Crippen LogP contribution is 2.28. The van der Waals surface area contributed by atoms with E-state index >= 15 is 0 Å². The van der Waals surface area contributed by atoms with Crippen molar-refractivity contribution in [3.8, 4) is 0 Å². The fraction of sp³-hybridized carbons (Fsp3) is 0.562. The maximum absolute atomic E-state index is 13.4. The zero-order valence-electron chi connectivity index (χ0n) is 12.3. The summed E-state index contributed by atoms with van der Waals surface area (Å²) in [5.74, 6) is -1.78.